The molecule has 0 saturated heterocycles. The Hall–Kier alpha value is -1.61. The molecule has 1 aromatic carbocycles. The lowest BCUT2D eigenvalue weighted by Crippen LogP contribution is -2.07. The van der Waals surface area contributed by atoms with Crippen LogP contribution in [0.15, 0.2) is 36.9 Å². The summed E-state index contributed by atoms with van der Waals surface area (Å²) < 4.78 is 2.17. The van der Waals surface area contributed by atoms with Crippen LogP contribution in [0.5, 0.6) is 0 Å². The molecule has 3 heteroatoms. The summed E-state index contributed by atoms with van der Waals surface area (Å²) >= 11 is 0. The number of hydrogen-bond acceptors (Lipinski definition) is 2. The van der Waals surface area contributed by atoms with Gasteiger partial charge in [-0.25, -0.2) is 4.98 Å². The second-order valence-corrected chi connectivity index (χ2v) is 7.70. The first-order chi connectivity index (χ1) is 12.1. The van der Waals surface area contributed by atoms with Crippen LogP contribution in [0.25, 0.3) is 0 Å². The van der Waals surface area contributed by atoms with E-state index in [-0.39, 0.29) is 0 Å². The van der Waals surface area contributed by atoms with Gasteiger partial charge in [0.2, 0.25) is 0 Å². The summed E-state index contributed by atoms with van der Waals surface area (Å²) in [6, 6.07) is 6.85. The van der Waals surface area contributed by atoms with E-state index < -0.39 is 0 Å². The summed E-state index contributed by atoms with van der Waals surface area (Å²) in [5, 5.41) is 0. The van der Waals surface area contributed by atoms with Crippen molar-refractivity contribution in [3.8, 4) is 0 Å². The van der Waals surface area contributed by atoms with Crippen LogP contribution in [-0.2, 0) is 19.5 Å². The van der Waals surface area contributed by atoms with Gasteiger partial charge in [0, 0.05) is 25.5 Å². The number of aryl methyl sites for hydroxylation is 1. The first-order valence-electron chi connectivity index (χ1n) is 9.87. The summed E-state index contributed by atoms with van der Waals surface area (Å²) in [5.41, 5.74) is 10.1. The lowest BCUT2D eigenvalue weighted by Gasteiger charge is -2.17. The van der Waals surface area contributed by atoms with Crippen molar-refractivity contribution < 1.29 is 0 Å². The van der Waals surface area contributed by atoms with Crippen LogP contribution in [0, 0.1) is 5.92 Å². The maximum atomic E-state index is 5.94. The molecule has 2 rings (SSSR count). The molecule has 0 saturated carbocycles. The first kappa shape index (κ1) is 19.7. The van der Waals surface area contributed by atoms with Crippen LogP contribution < -0.4 is 5.73 Å². The Labute approximate surface area is 153 Å². The Morgan fingerprint density at radius 3 is 2.52 bits per heavy atom. The van der Waals surface area contributed by atoms with E-state index in [1.54, 1.807) is 0 Å². The Kier molecular flexibility index (Phi) is 8.20. The van der Waals surface area contributed by atoms with E-state index in [0.717, 1.165) is 18.9 Å². The number of benzene rings is 1. The minimum absolute atomic E-state index is 0.580. The average Bonchev–Trinajstić information content (AvgIpc) is 3.11. The maximum absolute atomic E-state index is 5.94. The second-order valence-electron chi connectivity index (χ2n) is 7.70. The Morgan fingerprint density at radius 2 is 1.84 bits per heavy atom. The number of unbranched alkanes of at least 4 members (excludes halogenated alkanes) is 3. The van der Waals surface area contributed by atoms with Crippen LogP contribution >= 0.6 is 0 Å². The van der Waals surface area contributed by atoms with Gasteiger partial charge in [0.25, 0.3) is 0 Å². The van der Waals surface area contributed by atoms with Gasteiger partial charge in [-0.3, -0.25) is 0 Å². The van der Waals surface area contributed by atoms with Crippen LogP contribution in [0.4, 0.5) is 0 Å². The quantitative estimate of drug-likeness (QED) is 0.564. The van der Waals surface area contributed by atoms with Gasteiger partial charge < -0.3 is 10.3 Å². The summed E-state index contributed by atoms with van der Waals surface area (Å²) in [4.78, 5) is 4.09. The molecule has 1 aromatic heterocycles. The first-order valence-corrected chi connectivity index (χ1v) is 9.87. The molecular formula is C22H35N3. The third-order valence-electron chi connectivity index (χ3n) is 5.11. The molecular weight excluding hydrogens is 306 g/mol. The molecule has 0 aliphatic heterocycles. The molecule has 25 heavy (non-hydrogen) atoms. The van der Waals surface area contributed by atoms with E-state index in [1.165, 1.54) is 48.8 Å². The van der Waals surface area contributed by atoms with E-state index in [2.05, 4.69) is 48.5 Å². The van der Waals surface area contributed by atoms with Crippen molar-refractivity contribution in [1.29, 1.82) is 0 Å². The molecule has 0 aliphatic rings. The molecule has 0 radical (unpaired) electrons. The van der Waals surface area contributed by atoms with Gasteiger partial charge in [-0.1, -0.05) is 64.7 Å². The topological polar surface area (TPSA) is 43.8 Å². The summed E-state index contributed by atoms with van der Waals surface area (Å²) in [6.45, 7) is 8.64. The van der Waals surface area contributed by atoms with Gasteiger partial charge in [-0.05, 0) is 41.4 Å². The number of nitrogens with zero attached hydrogens (tertiary/aromatic N) is 2. The minimum Gasteiger partial charge on any atom is -0.337 e. The molecule has 2 N–H and O–H groups in total. The number of nitrogens with two attached hydrogens (primary N) is 1. The molecule has 1 unspecified atom stereocenters. The number of imidazole rings is 1. The smallest absolute Gasteiger partial charge is 0.0945 e. The normalized spacial score (nSPS) is 12.7. The Bertz CT molecular complexity index is 602. The minimum atomic E-state index is 0.580. The van der Waals surface area contributed by atoms with Crippen molar-refractivity contribution in [3.05, 3.63) is 53.6 Å². The van der Waals surface area contributed by atoms with E-state index in [9.17, 15) is 0 Å². The van der Waals surface area contributed by atoms with E-state index in [1.807, 2.05) is 18.7 Å². The molecule has 0 bridgehead atoms. The molecule has 1 heterocycles. The van der Waals surface area contributed by atoms with Crippen molar-refractivity contribution in [2.75, 3.05) is 0 Å². The zero-order valence-corrected chi connectivity index (χ0v) is 16.2. The summed E-state index contributed by atoms with van der Waals surface area (Å²) in [5.74, 6) is 1.30. The lowest BCUT2D eigenvalue weighted by atomic mass is 9.90. The SMILES string of the molecule is CC(CCCCCCn1ccnc1)Cc1cc(C(C)C)ccc1CN. The van der Waals surface area contributed by atoms with Crippen molar-refractivity contribution in [1.82, 2.24) is 9.55 Å². The van der Waals surface area contributed by atoms with E-state index in [0.29, 0.717) is 12.5 Å². The largest absolute Gasteiger partial charge is 0.337 e. The lowest BCUT2D eigenvalue weighted by molar-refractivity contribution is 0.475. The predicted octanol–water partition coefficient (Wildman–Crippen LogP) is 5.29. The van der Waals surface area contributed by atoms with Gasteiger partial charge in [0.05, 0.1) is 6.33 Å². The third-order valence-corrected chi connectivity index (χ3v) is 5.11. The molecule has 3 nitrogen and oxygen atoms in total. The number of rotatable bonds is 11. The summed E-state index contributed by atoms with van der Waals surface area (Å²) in [6.07, 6.45) is 13.5. The summed E-state index contributed by atoms with van der Waals surface area (Å²) in [7, 11) is 0. The van der Waals surface area contributed by atoms with Crippen LogP contribution in [0.2, 0.25) is 0 Å². The molecule has 0 fully saturated rings. The highest BCUT2D eigenvalue weighted by Crippen LogP contribution is 2.23. The molecule has 138 valence electrons. The molecule has 0 aliphatic carbocycles. The second kappa shape index (κ2) is 10.4. The van der Waals surface area contributed by atoms with Gasteiger partial charge >= 0.3 is 0 Å². The molecule has 0 spiro atoms. The number of hydrogen-bond donors (Lipinski definition) is 1. The van der Waals surface area contributed by atoms with Crippen LogP contribution in [-0.4, -0.2) is 9.55 Å². The monoisotopic (exact) mass is 341 g/mol. The fourth-order valence-corrected chi connectivity index (χ4v) is 3.43. The fraction of sp³-hybridized carbons (Fsp3) is 0.591. The van der Waals surface area contributed by atoms with Crippen molar-refractivity contribution in [2.45, 2.75) is 78.3 Å². The van der Waals surface area contributed by atoms with E-state index >= 15 is 0 Å². The maximum Gasteiger partial charge on any atom is 0.0945 e. The Morgan fingerprint density at radius 1 is 1.04 bits per heavy atom. The number of aromatic nitrogens is 2. The standard InChI is InChI=1S/C22H35N3/c1-18(2)20-9-10-21(16-23)22(15-20)14-19(3)8-6-4-5-7-12-25-13-11-24-17-25/h9-11,13,15,17-19H,4-8,12,14,16,23H2,1-3H3. The highest BCUT2D eigenvalue weighted by atomic mass is 15.0. The van der Waals surface area contributed by atoms with Crippen molar-refractivity contribution >= 4 is 0 Å². The molecule has 0 amide bonds. The van der Waals surface area contributed by atoms with Crippen molar-refractivity contribution in [3.63, 3.8) is 0 Å². The van der Waals surface area contributed by atoms with Crippen molar-refractivity contribution in [2.24, 2.45) is 11.7 Å². The van der Waals surface area contributed by atoms with Gasteiger partial charge in [0.15, 0.2) is 0 Å². The van der Waals surface area contributed by atoms with Crippen LogP contribution in [0.1, 0.15) is 75.5 Å². The highest BCUT2D eigenvalue weighted by Gasteiger charge is 2.10. The van der Waals surface area contributed by atoms with Gasteiger partial charge in [-0.2, -0.15) is 0 Å². The van der Waals surface area contributed by atoms with Gasteiger partial charge in [0.1, 0.15) is 0 Å². The van der Waals surface area contributed by atoms with Crippen LogP contribution in [0.3, 0.4) is 0 Å². The molecule has 1 atom stereocenters. The fourth-order valence-electron chi connectivity index (χ4n) is 3.43. The van der Waals surface area contributed by atoms with E-state index in [4.69, 9.17) is 5.73 Å². The zero-order chi connectivity index (χ0) is 18.1. The predicted molar refractivity (Wildman–Crippen MR) is 107 cm³/mol. The third kappa shape index (κ3) is 6.66. The Balaban J connectivity index is 1.70. The highest BCUT2D eigenvalue weighted by molar-refractivity contribution is 5.33. The average molecular weight is 342 g/mol. The zero-order valence-electron chi connectivity index (χ0n) is 16.2. The van der Waals surface area contributed by atoms with Gasteiger partial charge in [-0.15, -0.1) is 0 Å². The molecule has 2 aromatic rings.